The molecule has 0 fully saturated rings. The number of allylic oxidation sites excluding steroid dienone is 8. The third kappa shape index (κ3) is 12.1. The van der Waals surface area contributed by atoms with E-state index in [1.165, 1.54) is 89.1 Å². The summed E-state index contributed by atoms with van der Waals surface area (Å²) in [6.07, 6.45) is 13.5. The van der Waals surface area contributed by atoms with Crippen molar-refractivity contribution in [1.29, 1.82) is 0 Å². The molecule has 0 aliphatic carbocycles. The predicted octanol–water partition coefficient (Wildman–Crippen LogP) is 19.7. The molecule has 8 nitrogen and oxygen atoms in total. The molecule has 10 heteroatoms. The summed E-state index contributed by atoms with van der Waals surface area (Å²) < 4.78 is 0. The van der Waals surface area contributed by atoms with E-state index in [2.05, 4.69) is 195 Å². The molecular weight excluding hydrogens is 1210 g/mol. The van der Waals surface area contributed by atoms with Crippen molar-refractivity contribution in [2.75, 3.05) is 0 Å². The van der Waals surface area contributed by atoms with Gasteiger partial charge in [-0.05, 0) is 166 Å². The van der Waals surface area contributed by atoms with Gasteiger partial charge >= 0.3 is 33.0 Å². The third-order valence-corrected chi connectivity index (χ3v) is 19.4. The Hall–Kier alpha value is -7.47. The van der Waals surface area contributed by atoms with Crippen LogP contribution in [0.5, 0.6) is 0 Å². The van der Waals surface area contributed by atoms with Crippen molar-refractivity contribution in [2.45, 2.75) is 214 Å². The van der Waals surface area contributed by atoms with Crippen LogP contribution >= 0.6 is 0 Å². The van der Waals surface area contributed by atoms with Gasteiger partial charge in [0.25, 0.3) is 0 Å². The van der Waals surface area contributed by atoms with Crippen molar-refractivity contribution in [3.05, 3.63) is 173 Å². The van der Waals surface area contributed by atoms with Crippen LogP contribution in [-0.2, 0) is 84.3 Å². The molecule has 11 rings (SSSR count). The molecule has 0 spiro atoms. The van der Waals surface area contributed by atoms with Crippen LogP contribution in [0.1, 0.15) is 274 Å². The van der Waals surface area contributed by atoms with Crippen molar-refractivity contribution >= 4 is 88.7 Å². The van der Waals surface area contributed by atoms with E-state index in [9.17, 15) is 0 Å². The fourth-order valence-corrected chi connectivity index (χ4v) is 15.2. The molecule has 0 unspecified atom stereocenters. The van der Waals surface area contributed by atoms with Gasteiger partial charge < -0.3 is 19.9 Å². The predicted molar refractivity (Wildman–Crippen MR) is 381 cm³/mol. The van der Waals surface area contributed by atoms with Crippen molar-refractivity contribution < 1.29 is 33.0 Å². The number of benzene rings is 1. The van der Waals surface area contributed by atoms with Crippen molar-refractivity contribution in [3.63, 3.8) is 0 Å². The number of aromatic nitrogens is 8. The smallest absolute Gasteiger partial charge is 0.657 e. The molecule has 6 aromatic heterocycles. The summed E-state index contributed by atoms with van der Waals surface area (Å²) in [6, 6.07) is 21.9. The maximum atomic E-state index is 5.67. The van der Waals surface area contributed by atoms with E-state index in [1.54, 1.807) is 0 Å². The van der Waals surface area contributed by atoms with E-state index < -0.39 is 0 Å². The second kappa shape index (κ2) is 29.6. The topological polar surface area (TPSA) is 108 Å². The van der Waals surface area contributed by atoms with Gasteiger partial charge in [0.05, 0.1) is 45.6 Å². The quantitative estimate of drug-likeness (QED) is 0.0695. The minimum absolute atomic E-state index is 0. The minimum atomic E-state index is 0. The number of rotatable bonds is 16. The Bertz CT molecular complexity index is 4390. The van der Waals surface area contributed by atoms with E-state index in [0.29, 0.717) is 0 Å². The molecule has 7 aromatic rings. The first-order valence-electron chi connectivity index (χ1n) is 34.3. The van der Waals surface area contributed by atoms with Crippen LogP contribution in [0, 0.1) is 23.7 Å². The van der Waals surface area contributed by atoms with Gasteiger partial charge in [-0.15, -0.1) is 44.1 Å². The molecule has 0 atom stereocenters. The van der Waals surface area contributed by atoms with Crippen LogP contribution in [0.4, 0.5) is 0 Å². The second-order valence-corrected chi connectivity index (χ2v) is 23.9. The van der Waals surface area contributed by atoms with Gasteiger partial charge in [-0.25, -0.2) is 19.9 Å². The first-order valence-corrected chi connectivity index (χ1v) is 34.3. The Labute approximate surface area is 568 Å². The van der Waals surface area contributed by atoms with Gasteiger partial charge in [0, 0.05) is 22.3 Å². The summed E-state index contributed by atoms with van der Waals surface area (Å²) in [7, 11) is 0. The monoisotopic (exact) mass is 1300 g/mol. The van der Waals surface area contributed by atoms with Crippen LogP contribution in [0.25, 0.3) is 88.7 Å². The molecule has 0 amide bonds. The number of hydrogen-bond donors (Lipinski definition) is 0. The average molecular weight is 1310 g/mol. The molecule has 0 saturated heterocycles. The molecule has 1 aromatic carbocycles. The Morgan fingerprint density at radius 1 is 0.261 bits per heavy atom. The fourth-order valence-electron chi connectivity index (χ4n) is 15.2. The van der Waals surface area contributed by atoms with Gasteiger partial charge in [-0.2, -0.15) is 0 Å². The first-order chi connectivity index (χ1) is 43.9. The number of fused-ring (bicyclic) bond motifs is 16. The molecule has 0 saturated carbocycles. The van der Waals surface area contributed by atoms with Crippen LogP contribution in [-0.4, -0.2) is 19.9 Å². The molecular formula is C82H90N8Ni2. The molecule has 4 aliphatic heterocycles. The standard InChI is InChI=1S/C82H90N8.2Ni/c1-17-49-53(21-5)71-43-75-57(25-9)61(29-13)79(87-75)65(80-62(30-14)58(26-10)76(88-80)44-72-54(22-6)50(18-2)68(84-72)41-67(49)83-71)38-36-47-34-33-35-48(40-47)37-39-66-81-63(31-15)59(27-11)77(89-81)45-73-55(23-7)51(19-3)69(85-73)42-70-52(20-4)56(24-8)74(86-70)46-78-60(28-12)64(32-16)82(66)90-78;;/h33-35,40-46H,17-32H2,1-16H3;;/q-4;2*+2. The van der Waals surface area contributed by atoms with Gasteiger partial charge in [0.15, 0.2) is 0 Å². The summed E-state index contributed by atoms with van der Waals surface area (Å²) >= 11 is 0. The summed E-state index contributed by atoms with van der Waals surface area (Å²) in [4.78, 5) is 44.5. The first kappa shape index (κ1) is 68.9. The Morgan fingerprint density at radius 3 is 0.761 bits per heavy atom. The normalized spacial score (nSPS) is 13.0. The van der Waals surface area contributed by atoms with Crippen LogP contribution < -0.4 is 19.9 Å². The maximum Gasteiger partial charge on any atom is 2.00 e. The van der Waals surface area contributed by atoms with Gasteiger partial charge in [-0.3, -0.25) is 0 Å². The van der Waals surface area contributed by atoms with E-state index >= 15 is 0 Å². The van der Waals surface area contributed by atoms with Crippen molar-refractivity contribution in [1.82, 2.24) is 39.9 Å². The van der Waals surface area contributed by atoms with E-state index in [-0.39, 0.29) is 33.0 Å². The molecule has 0 N–H and O–H groups in total. The van der Waals surface area contributed by atoms with Gasteiger partial charge in [0.1, 0.15) is 0 Å². The fraction of sp³-hybridized carbons (Fsp3) is 0.390. The SMILES string of the molecule is CCC1=C(CC)c2cc3[n-]c(c(C#Cc4cccc(C#Cc5c6nc(cc7[n-]c(cc8nc(cc9[n-]c5c(CC)c9CC)C(CC)=C8CC)c(CC)c7CC)C(CC)=C6CC)c4)c4nc(cc5[n-]c(cc1n2)c(CC)c5CC)C(CC)=C4CC)c(CC)c3CC.[Ni+2].[Ni+2]. The largest absolute Gasteiger partial charge is 2.00 e. The van der Waals surface area contributed by atoms with Gasteiger partial charge in [-0.1, -0.05) is 221 Å². The third-order valence-electron chi connectivity index (χ3n) is 19.4. The Kier molecular flexibility index (Phi) is 22.2. The summed E-state index contributed by atoms with van der Waals surface area (Å²) in [5.41, 5.74) is 38.9. The summed E-state index contributed by atoms with van der Waals surface area (Å²) in [5.74, 6) is 15.1. The van der Waals surface area contributed by atoms with E-state index in [0.717, 1.165) is 215 Å². The Balaban J connectivity index is 0.00000500. The van der Waals surface area contributed by atoms with E-state index in [4.69, 9.17) is 39.9 Å². The van der Waals surface area contributed by atoms with Crippen molar-refractivity contribution in [2.24, 2.45) is 0 Å². The molecule has 478 valence electrons. The summed E-state index contributed by atoms with van der Waals surface area (Å²) in [6.45, 7) is 36.0. The zero-order valence-corrected chi connectivity index (χ0v) is 59.3. The van der Waals surface area contributed by atoms with E-state index in [1.807, 2.05) is 0 Å². The number of nitrogens with zero attached hydrogens (tertiary/aromatic N) is 8. The van der Waals surface area contributed by atoms with Crippen molar-refractivity contribution in [3.8, 4) is 23.7 Å². The zero-order chi connectivity index (χ0) is 63.7. The summed E-state index contributed by atoms with van der Waals surface area (Å²) in [5, 5.41) is 0. The number of aryl methyl sites for hydroxylation is 8. The average Bonchev–Trinajstić information content (AvgIpc) is 1.66. The molecule has 16 bridgehead atoms. The zero-order valence-electron chi connectivity index (χ0n) is 57.3. The number of hydrogen-bond acceptors (Lipinski definition) is 4. The van der Waals surface area contributed by atoms with Crippen LogP contribution in [0.3, 0.4) is 0 Å². The molecule has 4 aliphatic rings. The molecule has 10 heterocycles. The molecule has 92 heavy (non-hydrogen) atoms. The Morgan fingerprint density at radius 2 is 0.500 bits per heavy atom. The van der Waals surface area contributed by atoms with Gasteiger partial charge in [0.2, 0.25) is 0 Å². The minimum Gasteiger partial charge on any atom is -0.657 e. The maximum absolute atomic E-state index is 5.67. The van der Waals surface area contributed by atoms with Crippen LogP contribution in [0.15, 0.2) is 60.7 Å². The second-order valence-electron chi connectivity index (χ2n) is 23.9. The molecule has 0 radical (unpaired) electrons. The van der Waals surface area contributed by atoms with Crippen LogP contribution in [0.2, 0.25) is 0 Å².